The molecule has 0 saturated carbocycles. The van der Waals surface area contributed by atoms with Crippen LogP contribution >= 0.6 is 0 Å². The largest absolute Gasteiger partial charge is 0.493 e. The average molecular weight is 320 g/mol. The lowest BCUT2D eigenvalue weighted by Gasteiger charge is -2.06. The maximum atomic E-state index is 5.54. The molecule has 4 rings (SSSR count). The molecule has 0 saturated heterocycles. The van der Waals surface area contributed by atoms with Crippen molar-refractivity contribution >= 4 is 5.82 Å². The molecular weight excluding hydrogens is 300 g/mol. The van der Waals surface area contributed by atoms with Crippen molar-refractivity contribution in [2.45, 2.75) is 25.9 Å². The SMILES string of the molecule is c1cc(CCn2ccc(NCc3ccc4c(c3)CCO4)n2)ccn1. The maximum Gasteiger partial charge on any atom is 0.148 e. The Morgan fingerprint density at radius 3 is 2.92 bits per heavy atom. The third kappa shape index (κ3) is 3.40. The first-order chi connectivity index (χ1) is 11.9. The van der Waals surface area contributed by atoms with Crippen LogP contribution in [0.3, 0.4) is 0 Å². The molecule has 1 N–H and O–H groups in total. The quantitative estimate of drug-likeness (QED) is 0.758. The van der Waals surface area contributed by atoms with Crippen LogP contribution in [0.4, 0.5) is 5.82 Å². The van der Waals surface area contributed by atoms with E-state index in [1.807, 2.05) is 41.5 Å². The summed E-state index contributed by atoms with van der Waals surface area (Å²) in [5, 5.41) is 7.97. The van der Waals surface area contributed by atoms with Gasteiger partial charge in [0, 0.05) is 44.2 Å². The number of anilines is 1. The molecule has 5 heteroatoms. The number of benzene rings is 1. The highest BCUT2D eigenvalue weighted by molar-refractivity contribution is 5.41. The van der Waals surface area contributed by atoms with Gasteiger partial charge in [0.25, 0.3) is 0 Å². The standard InChI is InChI=1S/C19H20N4O/c1-2-18-17(7-12-24-18)13-16(1)14-21-19-6-11-23(22-19)10-5-15-3-8-20-9-4-15/h1-4,6,8-9,11,13H,5,7,10,12,14H2,(H,21,22). The highest BCUT2D eigenvalue weighted by Crippen LogP contribution is 2.26. The van der Waals surface area contributed by atoms with Crippen molar-refractivity contribution in [2.24, 2.45) is 0 Å². The van der Waals surface area contributed by atoms with Gasteiger partial charge in [-0.3, -0.25) is 9.67 Å². The third-order valence-corrected chi connectivity index (χ3v) is 4.25. The Hall–Kier alpha value is -2.82. The molecular formula is C19H20N4O. The predicted octanol–water partition coefficient (Wildman–Crippen LogP) is 3.07. The minimum atomic E-state index is 0.772. The fourth-order valence-corrected chi connectivity index (χ4v) is 2.92. The van der Waals surface area contributed by atoms with Crippen LogP contribution in [0.25, 0.3) is 0 Å². The summed E-state index contributed by atoms with van der Waals surface area (Å²) in [5.41, 5.74) is 3.83. The van der Waals surface area contributed by atoms with Crippen LogP contribution in [0.15, 0.2) is 55.0 Å². The summed E-state index contributed by atoms with van der Waals surface area (Å²) in [6.07, 6.45) is 7.63. The monoisotopic (exact) mass is 320 g/mol. The number of aryl methyl sites for hydroxylation is 2. The minimum absolute atomic E-state index is 0.772. The Morgan fingerprint density at radius 2 is 2.00 bits per heavy atom. The van der Waals surface area contributed by atoms with E-state index in [4.69, 9.17) is 4.74 Å². The van der Waals surface area contributed by atoms with E-state index in [2.05, 4.69) is 33.6 Å². The van der Waals surface area contributed by atoms with Gasteiger partial charge in [-0.25, -0.2) is 0 Å². The molecule has 0 spiro atoms. The normalized spacial score (nSPS) is 12.7. The Bertz CT molecular complexity index is 813. The summed E-state index contributed by atoms with van der Waals surface area (Å²) in [6, 6.07) is 12.5. The molecule has 0 radical (unpaired) electrons. The van der Waals surface area contributed by atoms with Crippen LogP contribution in [0.5, 0.6) is 5.75 Å². The summed E-state index contributed by atoms with van der Waals surface area (Å²) in [5.74, 6) is 1.93. The molecule has 5 nitrogen and oxygen atoms in total. The van der Waals surface area contributed by atoms with E-state index in [0.717, 1.165) is 44.1 Å². The van der Waals surface area contributed by atoms with Crippen LogP contribution in [0, 0.1) is 0 Å². The number of nitrogens with zero attached hydrogens (tertiary/aromatic N) is 3. The summed E-state index contributed by atoms with van der Waals surface area (Å²) >= 11 is 0. The molecule has 0 aliphatic carbocycles. The second-order valence-corrected chi connectivity index (χ2v) is 5.96. The van der Waals surface area contributed by atoms with Crippen LogP contribution in [0.1, 0.15) is 16.7 Å². The third-order valence-electron chi connectivity index (χ3n) is 4.25. The van der Waals surface area contributed by atoms with Gasteiger partial charge in [0.05, 0.1) is 6.61 Å². The average Bonchev–Trinajstić information content (AvgIpc) is 3.28. The van der Waals surface area contributed by atoms with Crippen molar-refractivity contribution in [3.63, 3.8) is 0 Å². The summed E-state index contributed by atoms with van der Waals surface area (Å²) < 4.78 is 7.51. The number of hydrogen-bond donors (Lipinski definition) is 1. The molecule has 3 aromatic rings. The van der Waals surface area contributed by atoms with Gasteiger partial charge >= 0.3 is 0 Å². The van der Waals surface area contributed by atoms with Crippen LogP contribution in [-0.2, 0) is 25.9 Å². The van der Waals surface area contributed by atoms with Gasteiger partial charge in [0.2, 0.25) is 0 Å². The number of fused-ring (bicyclic) bond motifs is 1. The van der Waals surface area contributed by atoms with Crippen molar-refractivity contribution in [2.75, 3.05) is 11.9 Å². The van der Waals surface area contributed by atoms with E-state index in [1.165, 1.54) is 16.7 Å². The highest BCUT2D eigenvalue weighted by atomic mass is 16.5. The van der Waals surface area contributed by atoms with Crippen molar-refractivity contribution in [3.05, 3.63) is 71.7 Å². The number of nitrogens with one attached hydrogen (secondary N) is 1. The van der Waals surface area contributed by atoms with E-state index >= 15 is 0 Å². The van der Waals surface area contributed by atoms with E-state index in [9.17, 15) is 0 Å². The van der Waals surface area contributed by atoms with Gasteiger partial charge in [-0.1, -0.05) is 12.1 Å². The van der Waals surface area contributed by atoms with Gasteiger partial charge in [-0.2, -0.15) is 5.10 Å². The van der Waals surface area contributed by atoms with Crippen LogP contribution in [-0.4, -0.2) is 21.4 Å². The van der Waals surface area contributed by atoms with Gasteiger partial charge < -0.3 is 10.1 Å². The zero-order chi connectivity index (χ0) is 16.2. The number of rotatable bonds is 6. The molecule has 1 aromatic carbocycles. The minimum Gasteiger partial charge on any atom is -0.493 e. The van der Waals surface area contributed by atoms with Crippen LogP contribution < -0.4 is 10.1 Å². The summed E-state index contributed by atoms with van der Waals surface area (Å²) in [4.78, 5) is 4.04. The van der Waals surface area contributed by atoms with Crippen molar-refractivity contribution in [1.29, 1.82) is 0 Å². The summed E-state index contributed by atoms with van der Waals surface area (Å²) in [7, 11) is 0. The molecule has 122 valence electrons. The lowest BCUT2D eigenvalue weighted by Crippen LogP contribution is -2.04. The first-order valence-corrected chi connectivity index (χ1v) is 8.28. The maximum absolute atomic E-state index is 5.54. The number of hydrogen-bond acceptors (Lipinski definition) is 4. The van der Waals surface area contributed by atoms with Gasteiger partial charge in [0.15, 0.2) is 0 Å². The van der Waals surface area contributed by atoms with Crippen molar-refractivity contribution in [3.8, 4) is 5.75 Å². The molecule has 0 unspecified atom stereocenters. The molecule has 0 fully saturated rings. The van der Waals surface area contributed by atoms with E-state index in [0.29, 0.717) is 0 Å². The van der Waals surface area contributed by atoms with Crippen molar-refractivity contribution < 1.29 is 4.74 Å². The molecule has 24 heavy (non-hydrogen) atoms. The molecule has 2 aromatic heterocycles. The molecule has 1 aliphatic heterocycles. The lowest BCUT2D eigenvalue weighted by atomic mass is 10.1. The van der Waals surface area contributed by atoms with E-state index in [1.54, 1.807) is 0 Å². The van der Waals surface area contributed by atoms with Gasteiger partial charge in [0.1, 0.15) is 11.6 Å². The number of pyridine rings is 1. The molecule has 0 amide bonds. The lowest BCUT2D eigenvalue weighted by molar-refractivity contribution is 0.357. The van der Waals surface area contributed by atoms with Gasteiger partial charge in [-0.05, 0) is 41.3 Å². The second kappa shape index (κ2) is 6.74. The fraction of sp³-hybridized carbons (Fsp3) is 0.263. The molecule has 0 bridgehead atoms. The first kappa shape index (κ1) is 14.8. The number of aromatic nitrogens is 3. The highest BCUT2D eigenvalue weighted by Gasteiger charge is 2.11. The Balaban J connectivity index is 1.32. The smallest absolute Gasteiger partial charge is 0.148 e. The predicted molar refractivity (Wildman–Crippen MR) is 93.1 cm³/mol. The first-order valence-electron chi connectivity index (χ1n) is 8.28. The molecule has 1 aliphatic rings. The van der Waals surface area contributed by atoms with Gasteiger partial charge in [-0.15, -0.1) is 0 Å². The fourth-order valence-electron chi connectivity index (χ4n) is 2.92. The Kier molecular flexibility index (Phi) is 4.14. The van der Waals surface area contributed by atoms with E-state index < -0.39 is 0 Å². The van der Waals surface area contributed by atoms with E-state index in [-0.39, 0.29) is 0 Å². The topological polar surface area (TPSA) is 52.0 Å². The Morgan fingerprint density at radius 1 is 1.08 bits per heavy atom. The second-order valence-electron chi connectivity index (χ2n) is 5.96. The van der Waals surface area contributed by atoms with Crippen molar-refractivity contribution in [1.82, 2.24) is 14.8 Å². The zero-order valence-corrected chi connectivity index (χ0v) is 13.5. The number of ether oxygens (including phenoxy) is 1. The Labute approximate surface area is 141 Å². The van der Waals surface area contributed by atoms with Crippen LogP contribution in [0.2, 0.25) is 0 Å². The summed E-state index contributed by atoms with van der Waals surface area (Å²) in [6.45, 7) is 2.44. The molecule has 0 atom stereocenters. The molecule has 3 heterocycles. The zero-order valence-electron chi connectivity index (χ0n) is 13.5.